The van der Waals surface area contributed by atoms with Gasteiger partial charge in [-0.2, -0.15) is 5.10 Å². The molecule has 6 heteroatoms. The summed E-state index contributed by atoms with van der Waals surface area (Å²) in [6.07, 6.45) is 4.77. The zero-order valence-corrected chi connectivity index (χ0v) is 13.5. The van der Waals surface area contributed by atoms with Gasteiger partial charge in [-0.15, -0.1) is 0 Å². The molecule has 2 aromatic rings. The van der Waals surface area contributed by atoms with Gasteiger partial charge in [0.05, 0.1) is 5.69 Å². The Balaban J connectivity index is 1.66. The number of fused-ring (bicyclic) bond motifs is 1. The quantitative estimate of drug-likeness (QED) is 0.852. The molecule has 0 saturated heterocycles. The highest BCUT2D eigenvalue weighted by molar-refractivity contribution is 5.12. The zero-order chi connectivity index (χ0) is 15.7. The number of rotatable bonds is 3. The minimum atomic E-state index is -0.00138. The van der Waals surface area contributed by atoms with E-state index in [2.05, 4.69) is 34.2 Å². The van der Waals surface area contributed by atoms with Gasteiger partial charge in [0.1, 0.15) is 5.82 Å². The van der Waals surface area contributed by atoms with E-state index in [0.717, 1.165) is 43.9 Å². The van der Waals surface area contributed by atoms with Crippen LogP contribution in [0.4, 0.5) is 0 Å². The molecule has 0 amide bonds. The topological polar surface area (TPSA) is 56.0 Å². The third-order valence-corrected chi connectivity index (χ3v) is 4.48. The first-order valence-corrected chi connectivity index (χ1v) is 7.79. The molecule has 0 fully saturated rings. The van der Waals surface area contributed by atoms with Crippen molar-refractivity contribution < 1.29 is 0 Å². The van der Waals surface area contributed by atoms with E-state index in [1.807, 2.05) is 17.7 Å². The summed E-state index contributed by atoms with van der Waals surface area (Å²) in [6.45, 7) is 3.64. The molecule has 3 rings (SSSR count). The molecule has 1 aliphatic heterocycles. The highest BCUT2D eigenvalue weighted by Gasteiger charge is 2.22. The molecule has 6 nitrogen and oxygen atoms in total. The second-order valence-corrected chi connectivity index (χ2v) is 6.20. The van der Waals surface area contributed by atoms with Gasteiger partial charge in [-0.05, 0) is 38.4 Å². The van der Waals surface area contributed by atoms with E-state index in [1.165, 1.54) is 10.2 Å². The number of hydrogen-bond donors (Lipinski definition) is 0. The van der Waals surface area contributed by atoms with Gasteiger partial charge in [0, 0.05) is 38.8 Å². The van der Waals surface area contributed by atoms with Crippen LogP contribution in [0.1, 0.15) is 29.9 Å². The fourth-order valence-electron chi connectivity index (χ4n) is 3.10. The molecule has 0 aromatic carbocycles. The largest absolute Gasteiger partial charge is 0.345 e. The minimum Gasteiger partial charge on any atom is -0.298 e. The van der Waals surface area contributed by atoms with Crippen LogP contribution in [0.25, 0.3) is 0 Å². The Labute approximate surface area is 130 Å². The lowest BCUT2D eigenvalue weighted by atomic mass is 10.1. The first-order valence-electron chi connectivity index (χ1n) is 7.79. The van der Waals surface area contributed by atoms with Crippen molar-refractivity contribution >= 4 is 0 Å². The highest BCUT2D eigenvalue weighted by atomic mass is 16.2. The molecule has 22 heavy (non-hydrogen) atoms. The summed E-state index contributed by atoms with van der Waals surface area (Å²) >= 11 is 0. The summed E-state index contributed by atoms with van der Waals surface area (Å²) in [5.41, 5.74) is 2.27. The summed E-state index contributed by atoms with van der Waals surface area (Å²) in [7, 11) is 3.86. The normalized spacial score (nSPS) is 18.3. The standard InChI is InChI=1S/C16H23N5O/c1-12-4-5-13(17-10-12)11-19(2)14-6-7-15-18-20(3)16(22)21(15)9-8-14/h4-5,10,14H,6-9,11H2,1-3H3. The molecule has 3 heterocycles. The molecule has 0 spiro atoms. The van der Waals surface area contributed by atoms with Crippen LogP contribution in [0.2, 0.25) is 0 Å². The SMILES string of the molecule is Cc1ccc(CN(C)C2CCc3nn(C)c(=O)n3CC2)nc1. The molecular weight excluding hydrogens is 278 g/mol. The van der Waals surface area contributed by atoms with Crippen LogP contribution in [-0.4, -0.2) is 37.3 Å². The predicted molar refractivity (Wildman–Crippen MR) is 84.6 cm³/mol. The second-order valence-electron chi connectivity index (χ2n) is 6.20. The van der Waals surface area contributed by atoms with Crippen molar-refractivity contribution in [2.24, 2.45) is 7.05 Å². The summed E-state index contributed by atoms with van der Waals surface area (Å²) in [6, 6.07) is 4.64. The summed E-state index contributed by atoms with van der Waals surface area (Å²) < 4.78 is 3.26. The Bertz CT molecular complexity index is 700. The summed E-state index contributed by atoms with van der Waals surface area (Å²) in [5.74, 6) is 0.914. The monoisotopic (exact) mass is 301 g/mol. The van der Waals surface area contributed by atoms with Crippen LogP contribution in [0.3, 0.4) is 0 Å². The molecule has 2 aromatic heterocycles. The molecule has 0 N–H and O–H groups in total. The van der Waals surface area contributed by atoms with E-state index in [9.17, 15) is 4.79 Å². The van der Waals surface area contributed by atoms with Crippen molar-refractivity contribution in [3.05, 3.63) is 45.9 Å². The van der Waals surface area contributed by atoms with E-state index in [0.29, 0.717) is 6.04 Å². The Morgan fingerprint density at radius 3 is 2.91 bits per heavy atom. The van der Waals surface area contributed by atoms with Crippen molar-refractivity contribution in [3.63, 3.8) is 0 Å². The Morgan fingerprint density at radius 1 is 1.36 bits per heavy atom. The lowest BCUT2D eigenvalue weighted by molar-refractivity contribution is 0.208. The Morgan fingerprint density at radius 2 is 2.18 bits per heavy atom. The van der Waals surface area contributed by atoms with Gasteiger partial charge < -0.3 is 0 Å². The van der Waals surface area contributed by atoms with Crippen LogP contribution in [0.15, 0.2) is 23.1 Å². The average molecular weight is 301 g/mol. The van der Waals surface area contributed by atoms with Crippen LogP contribution >= 0.6 is 0 Å². The molecule has 0 bridgehead atoms. The van der Waals surface area contributed by atoms with Crippen molar-refractivity contribution in [1.82, 2.24) is 24.2 Å². The van der Waals surface area contributed by atoms with Crippen molar-refractivity contribution in [3.8, 4) is 0 Å². The molecule has 0 aliphatic carbocycles. The van der Waals surface area contributed by atoms with E-state index < -0.39 is 0 Å². The fraction of sp³-hybridized carbons (Fsp3) is 0.562. The predicted octanol–water partition coefficient (Wildman–Crippen LogP) is 1.12. The van der Waals surface area contributed by atoms with Crippen molar-refractivity contribution in [2.75, 3.05) is 7.05 Å². The summed E-state index contributed by atoms with van der Waals surface area (Å²) in [4.78, 5) is 18.8. The van der Waals surface area contributed by atoms with Gasteiger partial charge in [-0.25, -0.2) is 9.48 Å². The van der Waals surface area contributed by atoms with E-state index in [4.69, 9.17) is 0 Å². The Kier molecular flexibility index (Phi) is 4.11. The van der Waals surface area contributed by atoms with Gasteiger partial charge >= 0.3 is 5.69 Å². The van der Waals surface area contributed by atoms with Crippen molar-refractivity contribution in [1.29, 1.82) is 0 Å². The average Bonchev–Trinajstić information content (AvgIpc) is 2.67. The van der Waals surface area contributed by atoms with E-state index in [1.54, 1.807) is 7.05 Å². The smallest absolute Gasteiger partial charge is 0.298 e. The zero-order valence-electron chi connectivity index (χ0n) is 13.5. The van der Waals surface area contributed by atoms with E-state index in [-0.39, 0.29) is 5.69 Å². The van der Waals surface area contributed by atoms with Gasteiger partial charge in [-0.1, -0.05) is 6.07 Å². The number of hydrogen-bond acceptors (Lipinski definition) is 4. The first-order chi connectivity index (χ1) is 10.5. The molecular formula is C16H23N5O. The molecule has 0 saturated carbocycles. The van der Waals surface area contributed by atoms with Gasteiger partial charge in [0.25, 0.3) is 0 Å². The molecule has 1 unspecified atom stereocenters. The van der Waals surface area contributed by atoms with Crippen LogP contribution in [0, 0.1) is 6.92 Å². The van der Waals surface area contributed by atoms with Crippen LogP contribution in [0.5, 0.6) is 0 Å². The lowest BCUT2D eigenvalue weighted by Crippen LogP contribution is -2.32. The van der Waals surface area contributed by atoms with E-state index >= 15 is 0 Å². The number of nitrogens with zero attached hydrogens (tertiary/aromatic N) is 5. The van der Waals surface area contributed by atoms with Gasteiger partial charge in [-0.3, -0.25) is 14.5 Å². The van der Waals surface area contributed by atoms with Crippen LogP contribution in [-0.2, 0) is 26.6 Å². The number of aryl methyl sites for hydroxylation is 3. The molecule has 1 aliphatic rings. The fourth-order valence-corrected chi connectivity index (χ4v) is 3.10. The van der Waals surface area contributed by atoms with Crippen LogP contribution < -0.4 is 5.69 Å². The highest BCUT2D eigenvalue weighted by Crippen LogP contribution is 2.17. The second kappa shape index (κ2) is 6.04. The maximum absolute atomic E-state index is 12.0. The van der Waals surface area contributed by atoms with Crippen molar-refractivity contribution in [2.45, 2.75) is 45.3 Å². The molecule has 118 valence electrons. The Hall–Kier alpha value is -1.95. The lowest BCUT2D eigenvalue weighted by Gasteiger charge is -2.26. The molecule has 1 atom stereocenters. The van der Waals surface area contributed by atoms with Gasteiger partial charge in [0.2, 0.25) is 0 Å². The third-order valence-electron chi connectivity index (χ3n) is 4.48. The first kappa shape index (κ1) is 15.0. The third kappa shape index (κ3) is 2.97. The number of aromatic nitrogens is 4. The maximum atomic E-state index is 12.0. The summed E-state index contributed by atoms with van der Waals surface area (Å²) in [5, 5.41) is 4.33. The molecule has 0 radical (unpaired) electrons. The van der Waals surface area contributed by atoms with Gasteiger partial charge in [0.15, 0.2) is 0 Å². The maximum Gasteiger partial charge on any atom is 0.345 e. The number of pyridine rings is 1. The minimum absolute atomic E-state index is 0.00138.